The molecule has 1 saturated carbocycles. The van der Waals surface area contributed by atoms with Crippen LogP contribution in [0.15, 0.2) is 48.5 Å². The van der Waals surface area contributed by atoms with E-state index in [1.807, 2.05) is 30.3 Å². The monoisotopic (exact) mass is 570 g/mol. The standard InChI is InChI=1S/C29H31ClN2O6S/c1-2-18-11-13-21(14-12-18)31-29(37)32(16-19-7-4-3-5-8-19)22-10-6-9-20(15-22)26-24(30)25(38-17-23(33)34)27(39-26)28(35)36/h6,9-15,19H,2-5,7-8,16-17H2,1H3,(H,31,37)(H,33,34)(H,35,36). The predicted octanol–water partition coefficient (Wildman–Crippen LogP) is 7.41. The van der Waals surface area contributed by atoms with Gasteiger partial charge in [-0.25, -0.2) is 14.4 Å². The van der Waals surface area contributed by atoms with Gasteiger partial charge in [0.25, 0.3) is 0 Å². The number of carboxylic acid groups (broad SMARTS) is 2. The van der Waals surface area contributed by atoms with Crippen LogP contribution in [0.25, 0.3) is 10.4 Å². The highest BCUT2D eigenvalue weighted by atomic mass is 35.5. The Morgan fingerprint density at radius 2 is 1.79 bits per heavy atom. The molecule has 8 nitrogen and oxygen atoms in total. The van der Waals surface area contributed by atoms with E-state index in [1.165, 1.54) is 12.0 Å². The first-order valence-electron chi connectivity index (χ1n) is 12.9. The van der Waals surface area contributed by atoms with E-state index in [9.17, 15) is 19.5 Å². The molecule has 0 atom stereocenters. The van der Waals surface area contributed by atoms with Crippen molar-refractivity contribution in [1.29, 1.82) is 0 Å². The molecular weight excluding hydrogens is 540 g/mol. The SMILES string of the molecule is CCc1ccc(NC(=O)N(CC2CCCCC2)c2cccc(-c3sc(C(=O)O)c(OCC(=O)O)c3Cl)c2)cc1. The van der Waals surface area contributed by atoms with Gasteiger partial charge in [0.2, 0.25) is 0 Å². The second-order valence-corrected chi connectivity index (χ2v) is 10.9. The molecule has 1 fully saturated rings. The number of carbonyl (C=O) groups excluding carboxylic acids is 1. The van der Waals surface area contributed by atoms with Gasteiger partial charge in [-0.15, -0.1) is 11.3 Å². The van der Waals surface area contributed by atoms with Gasteiger partial charge < -0.3 is 20.3 Å². The molecule has 10 heteroatoms. The minimum Gasteiger partial charge on any atom is -0.479 e. The molecule has 0 aliphatic heterocycles. The van der Waals surface area contributed by atoms with Crippen LogP contribution in [0.2, 0.25) is 5.02 Å². The summed E-state index contributed by atoms with van der Waals surface area (Å²) < 4.78 is 5.22. The Bertz CT molecular complexity index is 1330. The minimum atomic E-state index is -1.27. The number of nitrogens with one attached hydrogen (secondary N) is 1. The second kappa shape index (κ2) is 13.0. The number of halogens is 1. The van der Waals surface area contributed by atoms with Gasteiger partial charge in [0, 0.05) is 17.9 Å². The lowest BCUT2D eigenvalue weighted by Crippen LogP contribution is -2.39. The van der Waals surface area contributed by atoms with Crippen LogP contribution in [0.3, 0.4) is 0 Å². The zero-order valence-electron chi connectivity index (χ0n) is 21.6. The first kappa shape index (κ1) is 28.4. The molecule has 4 rings (SSSR count). The molecule has 0 bridgehead atoms. The molecule has 206 valence electrons. The number of thiophene rings is 1. The maximum absolute atomic E-state index is 13.6. The predicted molar refractivity (Wildman–Crippen MR) is 154 cm³/mol. The summed E-state index contributed by atoms with van der Waals surface area (Å²) in [5.74, 6) is -2.32. The molecule has 1 aliphatic rings. The van der Waals surface area contributed by atoms with Crippen molar-refractivity contribution >= 4 is 52.3 Å². The van der Waals surface area contributed by atoms with E-state index in [-0.39, 0.29) is 21.7 Å². The van der Waals surface area contributed by atoms with Crippen LogP contribution in [-0.2, 0) is 11.2 Å². The molecule has 1 aromatic heterocycles. The van der Waals surface area contributed by atoms with Gasteiger partial charge in [-0.3, -0.25) is 4.90 Å². The van der Waals surface area contributed by atoms with E-state index < -0.39 is 18.5 Å². The van der Waals surface area contributed by atoms with Crippen LogP contribution in [0, 0.1) is 5.92 Å². The third-order valence-electron chi connectivity index (χ3n) is 6.79. The zero-order valence-corrected chi connectivity index (χ0v) is 23.2. The number of aromatic carboxylic acids is 1. The van der Waals surface area contributed by atoms with Crippen molar-refractivity contribution in [1.82, 2.24) is 0 Å². The summed E-state index contributed by atoms with van der Waals surface area (Å²) >= 11 is 7.41. The molecular formula is C29H31ClN2O6S. The molecule has 1 heterocycles. The molecule has 39 heavy (non-hydrogen) atoms. The second-order valence-electron chi connectivity index (χ2n) is 9.54. The van der Waals surface area contributed by atoms with Crippen LogP contribution in [0.5, 0.6) is 5.75 Å². The van der Waals surface area contributed by atoms with E-state index in [4.69, 9.17) is 21.4 Å². The fourth-order valence-electron chi connectivity index (χ4n) is 4.75. The molecule has 2 amide bonds. The third-order valence-corrected chi connectivity index (χ3v) is 8.47. The van der Waals surface area contributed by atoms with Gasteiger partial charge in [0.05, 0.1) is 4.88 Å². The average molecular weight is 571 g/mol. The van der Waals surface area contributed by atoms with E-state index in [0.717, 1.165) is 43.4 Å². The highest BCUT2D eigenvalue weighted by Gasteiger charge is 2.27. The first-order chi connectivity index (χ1) is 18.8. The number of carboxylic acids is 2. The number of nitrogens with zero attached hydrogens (tertiary/aromatic N) is 1. The number of urea groups is 1. The van der Waals surface area contributed by atoms with Crippen molar-refractivity contribution in [3.63, 3.8) is 0 Å². The van der Waals surface area contributed by atoms with Gasteiger partial charge in [-0.2, -0.15) is 0 Å². The van der Waals surface area contributed by atoms with E-state index in [0.29, 0.717) is 34.3 Å². The van der Waals surface area contributed by atoms with Gasteiger partial charge in [-0.05, 0) is 60.6 Å². The highest BCUT2D eigenvalue weighted by Crippen LogP contribution is 2.46. The van der Waals surface area contributed by atoms with Gasteiger partial charge in [0.15, 0.2) is 17.2 Å². The van der Waals surface area contributed by atoms with Gasteiger partial charge >= 0.3 is 18.0 Å². The Kier molecular flexibility index (Phi) is 9.48. The summed E-state index contributed by atoms with van der Waals surface area (Å²) in [6.07, 6.45) is 6.50. The smallest absolute Gasteiger partial charge is 0.349 e. The molecule has 0 spiro atoms. The van der Waals surface area contributed by atoms with E-state index in [1.54, 1.807) is 23.1 Å². The summed E-state index contributed by atoms with van der Waals surface area (Å²) in [5, 5.41) is 21.7. The number of rotatable bonds is 10. The first-order valence-corrected chi connectivity index (χ1v) is 14.1. The molecule has 3 aromatic rings. The number of aryl methyl sites for hydroxylation is 1. The maximum Gasteiger partial charge on any atom is 0.349 e. The van der Waals surface area contributed by atoms with E-state index in [2.05, 4.69) is 12.2 Å². The Hall–Kier alpha value is -3.56. The Balaban J connectivity index is 1.67. The Morgan fingerprint density at radius 1 is 1.08 bits per heavy atom. The highest BCUT2D eigenvalue weighted by molar-refractivity contribution is 7.18. The molecule has 1 aliphatic carbocycles. The normalized spacial score (nSPS) is 13.6. The fourth-order valence-corrected chi connectivity index (χ4v) is 6.15. The third kappa shape index (κ3) is 7.10. The van der Waals surface area contributed by atoms with Crippen molar-refractivity contribution in [3.05, 3.63) is 64.0 Å². The van der Waals surface area contributed by atoms with Gasteiger partial charge in [0.1, 0.15) is 5.02 Å². The fraction of sp³-hybridized carbons (Fsp3) is 0.345. The maximum atomic E-state index is 13.6. The van der Waals surface area contributed by atoms with E-state index >= 15 is 0 Å². The lowest BCUT2D eigenvalue weighted by molar-refractivity contribution is -0.139. The number of amides is 2. The summed E-state index contributed by atoms with van der Waals surface area (Å²) in [6, 6.07) is 14.7. The number of anilines is 2. The number of benzene rings is 2. The summed E-state index contributed by atoms with van der Waals surface area (Å²) in [4.78, 5) is 38.4. The van der Waals surface area contributed by atoms with Crippen molar-refractivity contribution in [2.75, 3.05) is 23.4 Å². The lowest BCUT2D eigenvalue weighted by Gasteiger charge is -2.30. The number of hydrogen-bond acceptors (Lipinski definition) is 5. The number of aliphatic carboxylic acids is 1. The van der Waals surface area contributed by atoms with Crippen LogP contribution < -0.4 is 15.0 Å². The number of carbonyl (C=O) groups is 3. The molecule has 0 saturated heterocycles. The molecule has 2 aromatic carbocycles. The molecule has 3 N–H and O–H groups in total. The summed E-state index contributed by atoms with van der Waals surface area (Å²) in [7, 11) is 0. The largest absolute Gasteiger partial charge is 0.479 e. The quantitative estimate of drug-likeness (QED) is 0.234. The number of ether oxygens (including phenoxy) is 1. The molecule has 0 unspecified atom stereocenters. The van der Waals surface area contributed by atoms with Crippen LogP contribution in [0.4, 0.5) is 16.2 Å². The van der Waals surface area contributed by atoms with Crippen LogP contribution in [-0.4, -0.2) is 41.3 Å². The minimum absolute atomic E-state index is 0.0232. The summed E-state index contributed by atoms with van der Waals surface area (Å²) in [5.41, 5.74) is 3.13. The Labute approximate surface area is 236 Å². The topological polar surface area (TPSA) is 116 Å². The van der Waals surface area contributed by atoms with Crippen molar-refractivity contribution in [2.24, 2.45) is 5.92 Å². The Morgan fingerprint density at radius 3 is 2.44 bits per heavy atom. The summed E-state index contributed by atoms with van der Waals surface area (Å²) in [6.45, 7) is 1.91. The van der Waals surface area contributed by atoms with Crippen molar-refractivity contribution < 1.29 is 29.3 Å². The lowest BCUT2D eigenvalue weighted by atomic mass is 9.89. The number of hydrogen-bond donors (Lipinski definition) is 3. The average Bonchev–Trinajstić information content (AvgIpc) is 3.27. The van der Waals surface area contributed by atoms with Crippen LogP contribution >= 0.6 is 22.9 Å². The zero-order chi connectivity index (χ0) is 27.9. The van der Waals surface area contributed by atoms with Crippen LogP contribution in [0.1, 0.15) is 54.3 Å². The molecule has 0 radical (unpaired) electrons. The van der Waals surface area contributed by atoms with Crippen molar-refractivity contribution in [3.8, 4) is 16.2 Å². The van der Waals surface area contributed by atoms with Gasteiger partial charge in [-0.1, -0.05) is 62.1 Å². The van der Waals surface area contributed by atoms with Crippen molar-refractivity contribution in [2.45, 2.75) is 45.4 Å².